The first kappa shape index (κ1) is 23.8. The molecule has 1 saturated carbocycles. The fourth-order valence-corrected chi connectivity index (χ4v) is 4.07. The van der Waals surface area contributed by atoms with E-state index in [1.807, 2.05) is 0 Å². The number of aromatic nitrogens is 3. The lowest BCUT2D eigenvalue weighted by molar-refractivity contribution is -0.0384. The molecule has 0 bridgehead atoms. The van der Waals surface area contributed by atoms with E-state index in [1.165, 1.54) is 12.3 Å². The van der Waals surface area contributed by atoms with Gasteiger partial charge in [0.05, 0.1) is 23.1 Å². The third-order valence-electron chi connectivity index (χ3n) is 5.76. The Morgan fingerprint density at radius 1 is 1.15 bits per heavy atom. The minimum absolute atomic E-state index is 0.0451. The lowest BCUT2D eigenvalue weighted by Gasteiger charge is -2.29. The summed E-state index contributed by atoms with van der Waals surface area (Å²) in [7, 11) is 0. The van der Waals surface area contributed by atoms with Crippen LogP contribution in [0.5, 0.6) is 0 Å². The Kier molecular flexibility index (Phi) is 6.63. The standard InChI is InChI=1S/C23H20F6N4O/c24-15-1-2-18(25)17(9-15)16-5-8-30-20(13-3-6-23(28,29)7-4-13)21(16)32-22(34)14-10-31-33(11-14)12-19(26)27/h1-2,5,8-11,13,19H,3-4,6-7,12H2,(H,32,34). The summed E-state index contributed by atoms with van der Waals surface area (Å²) in [5.74, 6) is -5.46. The monoisotopic (exact) mass is 482 g/mol. The van der Waals surface area contributed by atoms with Crippen LogP contribution in [0.25, 0.3) is 11.1 Å². The van der Waals surface area contributed by atoms with Crippen LogP contribution >= 0.6 is 0 Å². The molecule has 1 aliphatic carbocycles. The van der Waals surface area contributed by atoms with Gasteiger partial charge < -0.3 is 5.32 Å². The number of benzene rings is 1. The molecule has 34 heavy (non-hydrogen) atoms. The van der Waals surface area contributed by atoms with E-state index >= 15 is 0 Å². The molecule has 4 rings (SSSR count). The Bertz CT molecular complexity index is 1190. The summed E-state index contributed by atoms with van der Waals surface area (Å²) in [6.45, 7) is -0.707. The van der Waals surface area contributed by atoms with Gasteiger partial charge in [0, 0.05) is 42.3 Å². The highest BCUT2D eigenvalue weighted by Crippen LogP contribution is 2.44. The van der Waals surface area contributed by atoms with Crippen molar-refractivity contribution in [1.82, 2.24) is 14.8 Å². The Morgan fingerprint density at radius 3 is 2.59 bits per heavy atom. The summed E-state index contributed by atoms with van der Waals surface area (Å²) >= 11 is 0. The molecule has 2 heterocycles. The van der Waals surface area contributed by atoms with E-state index in [2.05, 4.69) is 15.4 Å². The smallest absolute Gasteiger partial charge is 0.258 e. The van der Waals surface area contributed by atoms with E-state index in [4.69, 9.17) is 0 Å². The second kappa shape index (κ2) is 9.47. The fourth-order valence-electron chi connectivity index (χ4n) is 4.07. The van der Waals surface area contributed by atoms with Crippen LogP contribution in [0.3, 0.4) is 0 Å². The zero-order valence-electron chi connectivity index (χ0n) is 17.7. The molecular formula is C23H20F6N4O. The molecule has 0 atom stereocenters. The number of carbonyl (C=O) groups excluding carboxylic acids is 1. The van der Waals surface area contributed by atoms with Crippen molar-refractivity contribution in [3.8, 4) is 11.1 Å². The molecule has 1 amide bonds. The van der Waals surface area contributed by atoms with E-state index in [1.54, 1.807) is 0 Å². The van der Waals surface area contributed by atoms with E-state index in [0.29, 0.717) is 0 Å². The normalized spacial score (nSPS) is 16.1. The van der Waals surface area contributed by atoms with Crippen LogP contribution in [0.2, 0.25) is 0 Å². The van der Waals surface area contributed by atoms with Gasteiger partial charge in [-0.1, -0.05) is 0 Å². The van der Waals surface area contributed by atoms with Crippen LogP contribution in [0.1, 0.15) is 47.7 Å². The second-order valence-corrected chi connectivity index (χ2v) is 8.17. The molecular weight excluding hydrogens is 462 g/mol. The summed E-state index contributed by atoms with van der Waals surface area (Å²) in [6, 6.07) is 4.22. The van der Waals surface area contributed by atoms with Gasteiger partial charge in [-0.05, 0) is 37.1 Å². The molecule has 1 N–H and O–H groups in total. The third kappa shape index (κ3) is 5.23. The van der Waals surface area contributed by atoms with E-state index in [9.17, 15) is 31.1 Å². The molecule has 1 aromatic carbocycles. The largest absolute Gasteiger partial charge is 0.320 e. The number of anilines is 1. The molecule has 5 nitrogen and oxygen atoms in total. The number of carbonyl (C=O) groups is 1. The zero-order chi connectivity index (χ0) is 24.5. The van der Waals surface area contributed by atoms with Gasteiger partial charge >= 0.3 is 0 Å². The van der Waals surface area contributed by atoms with Gasteiger partial charge in [-0.3, -0.25) is 14.5 Å². The molecule has 11 heteroatoms. The highest BCUT2D eigenvalue weighted by atomic mass is 19.3. The van der Waals surface area contributed by atoms with E-state index < -0.39 is 42.4 Å². The van der Waals surface area contributed by atoms with Crippen LogP contribution in [0.4, 0.5) is 32.0 Å². The molecule has 2 aromatic heterocycles. The highest BCUT2D eigenvalue weighted by molar-refractivity contribution is 6.06. The molecule has 0 spiro atoms. The predicted octanol–water partition coefficient (Wildman–Crippen LogP) is 6.03. The first-order valence-corrected chi connectivity index (χ1v) is 10.6. The summed E-state index contributed by atoms with van der Waals surface area (Å²) in [6.07, 6.45) is 0.329. The van der Waals surface area contributed by atoms with Crippen molar-refractivity contribution in [2.75, 3.05) is 5.32 Å². The number of hydrogen-bond acceptors (Lipinski definition) is 3. The van der Waals surface area contributed by atoms with Crippen LogP contribution in [0, 0.1) is 11.6 Å². The molecule has 0 saturated heterocycles. The van der Waals surface area contributed by atoms with Gasteiger partial charge in [-0.15, -0.1) is 0 Å². The van der Waals surface area contributed by atoms with Gasteiger partial charge in [-0.2, -0.15) is 5.10 Å². The Hall–Kier alpha value is -3.37. The van der Waals surface area contributed by atoms with E-state index in [0.717, 1.165) is 35.3 Å². The summed E-state index contributed by atoms with van der Waals surface area (Å²) in [5, 5.41) is 6.33. The maximum absolute atomic E-state index is 14.6. The molecule has 1 fully saturated rings. The maximum atomic E-state index is 14.6. The number of nitrogens with zero attached hydrogens (tertiary/aromatic N) is 3. The van der Waals surface area contributed by atoms with Crippen LogP contribution < -0.4 is 5.32 Å². The average molecular weight is 482 g/mol. The van der Waals surface area contributed by atoms with Crippen molar-refractivity contribution in [1.29, 1.82) is 0 Å². The van der Waals surface area contributed by atoms with Crippen molar-refractivity contribution in [2.45, 2.75) is 50.5 Å². The number of pyridine rings is 1. The van der Waals surface area contributed by atoms with Crippen LogP contribution in [0.15, 0.2) is 42.9 Å². The quantitative estimate of drug-likeness (QED) is 0.436. The molecule has 0 aliphatic heterocycles. The van der Waals surface area contributed by atoms with E-state index in [-0.39, 0.29) is 53.8 Å². The van der Waals surface area contributed by atoms with Crippen molar-refractivity contribution in [2.24, 2.45) is 0 Å². The molecule has 0 radical (unpaired) electrons. The van der Waals surface area contributed by atoms with Gasteiger partial charge in [0.25, 0.3) is 12.3 Å². The van der Waals surface area contributed by atoms with Gasteiger partial charge in [-0.25, -0.2) is 26.3 Å². The molecule has 0 unspecified atom stereocenters. The minimum Gasteiger partial charge on any atom is -0.320 e. The molecule has 180 valence electrons. The second-order valence-electron chi connectivity index (χ2n) is 8.17. The Balaban J connectivity index is 1.74. The van der Waals surface area contributed by atoms with Crippen molar-refractivity contribution in [3.05, 3.63) is 65.7 Å². The SMILES string of the molecule is O=C(Nc1c(-c2cc(F)ccc2F)ccnc1C1CCC(F)(F)CC1)c1cnn(CC(F)F)c1. The number of hydrogen-bond donors (Lipinski definition) is 1. The summed E-state index contributed by atoms with van der Waals surface area (Å²) in [5.41, 5.74) is 0.247. The fraction of sp³-hybridized carbons (Fsp3) is 0.348. The van der Waals surface area contributed by atoms with Crippen molar-refractivity contribution >= 4 is 11.6 Å². The van der Waals surface area contributed by atoms with Crippen molar-refractivity contribution in [3.63, 3.8) is 0 Å². The highest BCUT2D eigenvalue weighted by Gasteiger charge is 2.37. The minimum atomic E-state index is -2.80. The van der Waals surface area contributed by atoms with Crippen LogP contribution in [-0.2, 0) is 6.54 Å². The number of rotatable bonds is 6. The number of nitrogens with one attached hydrogen (secondary N) is 1. The lowest BCUT2D eigenvalue weighted by atomic mass is 9.83. The molecule has 1 aliphatic rings. The van der Waals surface area contributed by atoms with Crippen molar-refractivity contribution < 1.29 is 31.1 Å². The van der Waals surface area contributed by atoms with Crippen LogP contribution in [-0.4, -0.2) is 33.0 Å². The average Bonchev–Trinajstić information content (AvgIpc) is 3.24. The summed E-state index contributed by atoms with van der Waals surface area (Å²) in [4.78, 5) is 17.2. The maximum Gasteiger partial charge on any atom is 0.258 e. The lowest BCUT2D eigenvalue weighted by Crippen LogP contribution is -2.25. The summed E-state index contributed by atoms with van der Waals surface area (Å²) < 4.78 is 82.1. The number of halogens is 6. The predicted molar refractivity (Wildman–Crippen MR) is 112 cm³/mol. The van der Waals surface area contributed by atoms with Gasteiger partial charge in [0.2, 0.25) is 5.92 Å². The first-order chi connectivity index (χ1) is 16.1. The topological polar surface area (TPSA) is 59.8 Å². The number of amides is 1. The third-order valence-corrected chi connectivity index (χ3v) is 5.76. The van der Waals surface area contributed by atoms with Gasteiger partial charge in [0.15, 0.2) is 0 Å². The number of alkyl halides is 4. The zero-order valence-corrected chi connectivity index (χ0v) is 17.7. The Morgan fingerprint density at radius 2 is 1.88 bits per heavy atom. The Labute approximate surface area is 190 Å². The van der Waals surface area contributed by atoms with Gasteiger partial charge in [0.1, 0.15) is 18.2 Å². The molecule has 3 aromatic rings. The first-order valence-electron chi connectivity index (χ1n) is 10.6.